The minimum atomic E-state index is -0.436. The number of anilines is 1. The highest BCUT2D eigenvalue weighted by Gasteiger charge is 2.17. The zero-order chi connectivity index (χ0) is 17.8. The highest BCUT2D eigenvalue weighted by molar-refractivity contribution is 6.34. The molecule has 8 heteroatoms. The third kappa shape index (κ3) is 4.15. The molecule has 0 fully saturated rings. The van der Waals surface area contributed by atoms with E-state index in [0.29, 0.717) is 46.0 Å². The predicted molar refractivity (Wildman–Crippen MR) is 94.9 cm³/mol. The Balaban J connectivity index is 1.61. The van der Waals surface area contributed by atoms with Crippen molar-refractivity contribution in [1.82, 2.24) is 5.32 Å². The van der Waals surface area contributed by atoms with Crippen molar-refractivity contribution in [2.45, 2.75) is 0 Å². The molecule has 2 aromatic rings. The van der Waals surface area contributed by atoms with Crippen LogP contribution in [0.1, 0.15) is 10.4 Å². The SMILES string of the molecule is O=C(CNC(=O)c1ccccc1Cl)Nc1cc2c(cc1Cl)OCCO2. The van der Waals surface area contributed by atoms with Gasteiger partial charge in [-0.2, -0.15) is 0 Å². The summed E-state index contributed by atoms with van der Waals surface area (Å²) in [5.41, 5.74) is 0.678. The van der Waals surface area contributed by atoms with Crippen LogP contribution in [0.25, 0.3) is 0 Å². The highest BCUT2D eigenvalue weighted by atomic mass is 35.5. The van der Waals surface area contributed by atoms with Gasteiger partial charge in [-0.15, -0.1) is 0 Å². The molecule has 2 aromatic carbocycles. The lowest BCUT2D eigenvalue weighted by Crippen LogP contribution is -2.33. The van der Waals surface area contributed by atoms with Crippen LogP contribution in [0.5, 0.6) is 11.5 Å². The van der Waals surface area contributed by atoms with Crippen molar-refractivity contribution in [2.75, 3.05) is 25.1 Å². The number of hydrogen-bond acceptors (Lipinski definition) is 4. The van der Waals surface area contributed by atoms with Crippen LogP contribution in [0, 0.1) is 0 Å². The van der Waals surface area contributed by atoms with Crippen molar-refractivity contribution < 1.29 is 19.1 Å². The molecular weight excluding hydrogens is 367 g/mol. The number of ether oxygens (including phenoxy) is 2. The van der Waals surface area contributed by atoms with E-state index >= 15 is 0 Å². The highest BCUT2D eigenvalue weighted by Crippen LogP contribution is 2.37. The number of benzene rings is 2. The quantitative estimate of drug-likeness (QED) is 0.853. The van der Waals surface area contributed by atoms with Crippen LogP contribution in [0.2, 0.25) is 10.0 Å². The number of amides is 2. The molecule has 3 rings (SSSR count). The first-order chi connectivity index (χ1) is 12.0. The first kappa shape index (κ1) is 17.4. The molecule has 0 unspecified atom stereocenters. The van der Waals surface area contributed by atoms with Crippen molar-refractivity contribution in [3.05, 3.63) is 52.0 Å². The number of rotatable bonds is 4. The third-order valence-electron chi connectivity index (χ3n) is 3.43. The van der Waals surface area contributed by atoms with E-state index in [4.69, 9.17) is 32.7 Å². The van der Waals surface area contributed by atoms with Gasteiger partial charge in [0.25, 0.3) is 5.91 Å². The van der Waals surface area contributed by atoms with Crippen LogP contribution < -0.4 is 20.1 Å². The zero-order valence-electron chi connectivity index (χ0n) is 13.0. The van der Waals surface area contributed by atoms with E-state index in [1.165, 1.54) is 0 Å². The minimum absolute atomic E-state index is 0.227. The van der Waals surface area contributed by atoms with Crippen molar-refractivity contribution in [3.63, 3.8) is 0 Å². The van der Waals surface area contributed by atoms with Crippen molar-refractivity contribution >= 4 is 40.7 Å². The summed E-state index contributed by atoms with van der Waals surface area (Å²) in [5, 5.41) is 5.76. The van der Waals surface area contributed by atoms with Crippen LogP contribution in [0.4, 0.5) is 5.69 Å². The fraction of sp³-hybridized carbons (Fsp3) is 0.176. The second-order valence-corrected chi connectivity index (χ2v) is 6.00. The maximum absolute atomic E-state index is 12.1. The van der Waals surface area contributed by atoms with E-state index in [-0.39, 0.29) is 6.54 Å². The minimum Gasteiger partial charge on any atom is -0.486 e. The fourth-order valence-corrected chi connectivity index (χ4v) is 2.68. The van der Waals surface area contributed by atoms with Gasteiger partial charge in [0.05, 0.1) is 27.8 Å². The summed E-state index contributed by atoms with van der Waals surface area (Å²) in [4.78, 5) is 24.1. The zero-order valence-corrected chi connectivity index (χ0v) is 14.5. The first-order valence-electron chi connectivity index (χ1n) is 7.46. The van der Waals surface area contributed by atoms with Gasteiger partial charge in [0.2, 0.25) is 5.91 Å². The fourth-order valence-electron chi connectivity index (χ4n) is 2.26. The maximum atomic E-state index is 12.1. The molecule has 0 radical (unpaired) electrons. The summed E-state index contributed by atoms with van der Waals surface area (Å²) in [7, 11) is 0. The Kier molecular flexibility index (Phi) is 5.31. The third-order valence-corrected chi connectivity index (χ3v) is 4.08. The Hall–Kier alpha value is -2.44. The van der Waals surface area contributed by atoms with Gasteiger partial charge in [-0.1, -0.05) is 35.3 Å². The van der Waals surface area contributed by atoms with E-state index in [0.717, 1.165) is 0 Å². The Morgan fingerprint density at radius 2 is 1.68 bits per heavy atom. The average molecular weight is 381 g/mol. The number of halogens is 2. The van der Waals surface area contributed by atoms with Gasteiger partial charge < -0.3 is 20.1 Å². The van der Waals surface area contributed by atoms with Crippen LogP contribution in [-0.4, -0.2) is 31.6 Å². The molecule has 6 nitrogen and oxygen atoms in total. The van der Waals surface area contributed by atoms with Crippen molar-refractivity contribution in [1.29, 1.82) is 0 Å². The van der Waals surface area contributed by atoms with Gasteiger partial charge in [0, 0.05) is 12.1 Å². The standard InChI is InChI=1S/C17H14Cl2N2O4/c18-11-4-2-1-3-10(11)17(23)20-9-16(22)21-13-8-15-14(7-12(13)19)24-5-6-25-15/h1-4,7-8H,5-6,9H2,(H,20,23)(H,21,22). The number of carbonyl (C=O) groups excluding carboxylic acids is 2. The molecule has 0 aromatic heterocycles. The van der Waals surface area contributed by atoms with E-state index in [2.05, 4.69) is 10.6 Å². The molecule has 130 valence electrons. The smallest absolute Gasteiger partial charge is 0.253 e. The van der Waals surface area contributed by atoms with Gasteiger partial charge in [-0.25, -0.2) is 0 Å². The molecule has 1 aliphatic heterocycles. The Bertz CT molecular complexity index is 826. The van der Waals surface area contributed by atoms with Gasteiger partial charge in [-0.3, -0.25) is 9.59 Å². The Morgan fingerprint density at radius 1 is 1.00 bits per heavy atom. The van der Waals surface area contributed by atoms with E-state index in [1.54, 1.807) is 36.4 Å². The predicted octanol–water partition coefficient (Wildman–Crippen LogP) is 3.13. The van der Waals surface area contributed by atoms with Crippen LogP contribution in [0.15, 0.2) is 36.4 Å². The molecule has 1 heterocycles. The van der Waals surface area contributed by atoms with Gasteiger partial charge in [0.15, 0.2) is 11.5 Å². The first-order valence-corrected chi connectivity index (χ1v) is 8.22. The second-order valence-electron chi connectivity index (χ2n) is 5.19. The van der Waals surface area contributed by atoms with E-state index < -0.39 is 11.8 Å². The second kappa shape index (κ2) is 7.63. The van der Waals surface area contributed by atoms with Crippen LogP contribution >= 0.6 is 23.2 Å². The summed E-state index contributed by atoms with van der Waals surface area (Å²) in [5.74, 6) is 0.167. The topological polar surface area (TPSA) is 76.7 Å². The largest absolute Gasteiger partial charge is 0.486 e. The van der Waals surface area contributed by atoms with Crippen LogP contribution in [0.3, 0.4) is 0 Å². The molecule has 0 saturated heterocycles. The molecule has 0 bridgehead atoms. The lowest BCUT2D eigenvalue weighted by molar-refractivity contribution is -0.115. The number of carbonyl (C=O) groups is 2. The summed E-state index contributed by atoms with van der Waals surface area (Å²) in [6.45, 7) is 0.647. The van der Waals surface area contributed by atoms with Gasteiger partial charge >= 0.3 is 0 Å². The molecule has 2 N–H and O–H groups in total. The number of nitrogens with one attached hydrogen (secondary N) is 2. The molecule has 0 aliphatic carbocycles. The van der Waals surface area contributed by atoms with Crippen molar-refractivity contribution in [3.8, 4) is 11.5 Å². The lowest BCUT2D eigenvalue weighted by Gasteiger charge is -2.20. The average Bonchev–Trinajstić information content (AvgIpc) is 2.61. The van der Waals surface area contributed by atoms with Crippen molar-refractivity contribution in [2.24, 2.45) is 0 Å². The summed E-state index contributed by atoms with van der Waals surface area (Å²) < 4.78 is 10.9. The van der Waals surface area contributed by atoms with Gasteiger partial charge in [0.1, 0.15) is 13.2 Å². The van der Waals surface area contributed by atoms with Gasteiger partial charge in [-0.05, 0) is 12.1 Å². The normalized spacial score (nSPS) is 12.4. The maximum Gasteiger partial charge on any atom is 0.253 e. The molecule has 0 spiro atoms. The van der Waals surface area contributed by atoms with Crippen LogP contribution in [-0.2, 0) is 4.79 Å². The summed E-state index contributed by atoms with van der Waals surface area (Å²) >= 11 is 12.1. The summed E-state index contributed by atoms with van der Waals surface area (Å²) in [6, 6.07) is 9.75. The monoisotopic (exact) mass is 380 g/mol. The van der Waals surface area contributed by atoms with E-state index in [1.807, 2.05) is 0 Å². The molecule has 0 saturated carbocycles. The summed E-state index contributed by atoms with van der Waals surface area (Å²) in [6.07, 6.45) is 0. The molecule has 1 aliphatic rings. The number of hydrogen-bond donors (Lipinski definition) is 2. The molecule has 2 amide bonds. The molecular formula is C17H14Cl2N2O4. The number of fused-ring (bicyclic) bond motifs is 1. The Morgan fingerprint density at radius 3 is 2.40 bits per heavy atom. The lowest BCUT2D eigenvalue weighted by atomic mass is 10.2. The van der Waals surface area contributed by atoms with E-state index in [9.17, 15) is 9.59 Å². The molecule has 0 atom stereocenters. The molecule has 25 heavy (non-hydrogen) atoms. The Labute approximate surface area is 154 Å².